The van der Waals surface area contributed by atoms with Gasteiger partial charge in [0.2, 0.25) is 11.9 Å². The first-order valence-corrected chi connectivity index (χ1v) is 42.4. The second kappa shape index (κ2) is 31.9. The predicted octanol–water partition coefficient (Wildman–Crippen LogP) is 14.3. The lowest BCUT2D eigenvalue weighted by Crippen LogP contribution is -2.50. The van der Waals surface area contributed by atoms with Crippen molar-refractivity contribution < 1.29 is 56.1 Å². The second-order valence-electron chi connectivity index (χ2n) is 30.5. The number of amides is 2. The van der Waals surface area contributed by atoms with Gasteiger partial charge in [-0.05, 0) is 170 Å². The number of nitrogens with zero attached hydrogens (tertiary/aromatic N) is 12. The number of hydrogen-bond donors (Lipinski definition) is 0. The number of pyridine rings is 4. The molecule has 8 aromatic rings. The molecule has 100 heavy (non-hydrogen) atoms. The number of rotatable bonds is 18. The maximum atomic E-state index is 15.0. The minimum absolute atomic E-state index is 0.272. The zero-order chi connectivity index (χ0) is 72.7. The minimum atomic E-state index is -1.25. The fourth-order valence-electron chi connectivity index (χ4n) is 11.1. The van der Waals surface area contributed by atoms with Crippen LogP contribution >= 0.6 is 22.6 Å². The molecule has 0 atom stereocenters. The van der Waals surface area contributed by atoms with Crippen molar-refractivity contribution in [3.8, 4) is 45.1 Å². The van der Waals surface area contributed by atoms with E-state index in [1.165, 1.54) is 26.6 Å². The maximum Gasteiger partial charge on any atom is 0.494 e. The molecule has 0 radical (unpaired) electrons. The highest BCUT2D eigenvalue weighted by Crippen LogP contribution is 2.40. The number of aromatic nitrogens is 8. The van der Waals surface area contributed by atoms with E-state index >= 15 is 0 Å². The Morgan fingerprint density at radius 2 is 0.970 bits per heavy atom. The molecule has 2 aromatic carbocycles. The van der Waals surface area contributed by atoms with Crippen molar-refractivity contribution in [1.29, 1.82) is 0 Å². The van der Waals surface area contributed by atoms with Gasteiger partial charge in [0.1, 0.15) is 62.8 Å². The van der Waals surface area contributed by atoms with Crippen molar-refractivity contribution in [2.75, 3.05) is 89.6 Å². The molecular formula is C72H98BF2IN12O10Si2. The molecule has 3 fully saturated rings. The van der Waals surface area contributed by atoms with Crippen LogP contribution in [0.2, 0.25) is 51.4 Å². The third-order valence-corrected chi connectivity index (χ3v) is 21.8. The van der Waals surface area contributed by atoms with Crippen molar-refractivity contribution in [1.82, 2.24) is 49.3 Å². The molecular weight excluding hydrogens is 1420 g/mol. The highest BCUT2D eigenvalue weighted by Gasteiger charge is 2.52. The fraction of sp³-hybridized carbons (Fsp3) is 0.500. The van der Waals surface area contributed by atoms with Crippen LogP contribution in [0, 0.1) is 15.5 Å². The Bertz CT molecular complexity index is 4130. The molecule has 6 aromatic heterocycles. The van der Waals surface area contributed by atoms with Crippen LogP contribution in [0.25, 0.3) is 55.4 Å². The van der Waals surface area contributed by atoms with Gasteiger partial charge in [0, 0.05) is 128 Å². The molecule has 28 heteroatoms. The molecule has 0 N–H and O–H groups in total. The van der Waals surface area contributed by atoms with Crippen LogP contribution in [-0.4, -0.2) is 187 Å². The summed E-state index contributed by atoms with van der Waals surface area (Å²) in [6, 6.07) is 25.5. The van der Waals surface area contributed by atoms with E-state index in [0.717, 1.165) is 73.5 Å². The van der Waals surface area contributed by atoms with E-state index in [0.29, 0.717) is 105 Å². The normalized spacial score (nSPS) is 15.7. The van der Waals surface area contributed by atoms with Crippen LogP contribution in [0.4, 0.5) is 30.0 Å². The summed E-state index contributed by atoms with van der Waals surface area (Å²) in [5.74, 6) is 1.48. The minimum Gasteiger partial charge on any atom is -0.496 e. The smallest absolute Gasteiger partial charge is 0.494 e. The lowest BCUT2D eigenvalue weighted by molar-refractivity contribution is 0.00578. The molecule has 3 saturated heterocycles. The van der Waals surface area contributed by atoms with E-state index < -0.39 is 57.6 Å². The summed E-state index contributed by atoms with van der Waals surface area (Å²) in [5, 5.41) is 11.9. The quantitative estimate of drug-likeness (QED) is 0.0338. The van der Waals surface area contributed by atoms with Crippen LogP contribution in [0.15, 0.2) is 97.6 Å². The van der Waals surface area contributed by atoms with Gasteiger partial charge >= 0.3 is 19.3 Å². The molecule has 3 aliphatic rings. The van der Waals surface area contributed by atoms with E-state index in [4.69, 9.17) is 52.9 Å². The lowest BCUT2D eigenvalue weighted by atomic mass is 9.78. The second-order valence-corrected chi connectivity index (χ2v) is 42.8. The third-order valence-electron chi connectivity index (χ3n) is 17.4. The molecule has 2 amide bonds. The Labute approximate surface area is 603 Å². The topological polar surface area (TPSA) is 208 Å². The Hall–Kier alpha value is -7.35. The summed E-state index contributed by atoms with van der Waals surface area (Å²) < 4.78 is 78.2. The number of benzene rings is 2. The number of halogens is 3. The molecule has 0 spiro atoms. The van der Waals surface area contributed by atoms with Crippen molar-refractivity contribution in [3.63, 3.8) is 0 Å². The van der Waals surface area contributed by atoms with Gasteiger partial charge < -0.3 is 57.3 Å². The monoisotopic (exact) mass is 1520 g/mol. The van der Waals surface area contributed by atoms with E-state index in [9.17, 15) is 18.4 Å². The summed E-state index contributed by atoms with van der Waals surface area (Å²) in [6.07, 6.45) is 5.79. The number of anilines is 2. The van der Waals surface area contributed by atoms with Gasteiger partial charge in [-0.1, -0.05) is 57.5 Å². The number of carbonyl (C=O) groups is 2. The SMILES string of the molecule is CC(C)(C)OC(=O)N1CCN(c2cc(-c3nn(COCC[Si](C)(C)C)c4ccc(B5OC(C)(C)C(C)(C)O5)cc34)ccn2)CC1.COc1ccnc(F)c1-c1ccc2c(c1)c(-c1ccnc(N3CCN(C(=O)OC(C)(C)C)CC3)c1)nn2COCC[Si](C)(C)C.COc1ccnc(F)c1I. The number of fused-ring (bicyclic) bond motifs is 2. The summed E-state index contributed by atoms with van der Waals surface area (Å²) in [7, 11) is 0.0819. The van der Waals surface area contributed by atoms with Crippen LogP contribution in [0.1, 0.15) is 69.2 Å². The Morgan fingerprint density at radius 3 is 1.40 bits per heavy atom. The number of piperazine rings is 2. The van der Waals surface area contributed by atoms with Crippen LogP contribution in [0.3, 0.4) is 0 Å². The zero-order valence-corrected chi connectivity index (χ0v) is 65.5. The number of hydrogen-bond acceptors (Lipinski definition) is 18. The van der Waals surface area contributed by atoms with Crippen LogP contribution in [0.5, 0.6) is 11.5 Å². The largest absolute Gasteiger partial charge is 0.496 e. The molecule has 538 valence electrons. The lowest BCUT2D eigenvalue weighted by Gasteiger charge is -2.36. The first-order valence-electron chi connectivity index (χ1n) is 33.9. The van der Waals surface area contributed by atoms with E-state index in [2.05, 4.69) is 116 Å². The maximum absolute atomic E-state index is 15.0. The standard InChI is InChI=1S/C33H50BN5O5Si.C33H43FN6O4Si.C6H5FINO/c1-31(2,3)42-30(40)38-17-15-37(16-18-38)28-21-24(13-14-35-28)29-26-22-25(34-43-32(4,5)33(6,7)44-34)11-12-27(26)39(36-29)23-41-19-20-45(8,9)10;1-33(2,3)44-32(41)39-16-14-38(15-17-39)28-21-24(10-12-35-28)30-25-20-23(29-27(42-4)11-13-36-31(29)34)8-9-26(25)40(37-30)22-43-18-19-45(5,6)7;1-10-4-2-3-9-6(7)5(4)8/h11-14,21-22H,15-20,23H2,1-10H3;8-13,20-21H,14-19,22H2,1-7H3;2-3H,1H3. The van der Waals surface area contributed by atoms with Gasteiger partial charge in [-0.2, -0.15) is 19.0 Å². The van der Waals surface area contributed by atoms with Crippen LogP contribution in [-0.2, 0) is 41.7 Å². The summed E-state index contributed by atoms with van der Waals surface area (Å²) in [4.78, 5) is 49.7. The average Bonchev–Trinajstić information content (AvgIpc) is 1.59. The molecule has 22 nitrogen and oxygen atoms in total. The van der Waals surface area contributed by atoms with Gasteiger partial charge in [0.05, 0.1) is 42.0 Å². The fourth-order valence-corrected chi connectivity index (χ4v) is 13.2. The zero-order valence-electron chi connectivity index (χ0n) is 61.3. The number of carbonyl (C=O) groups excluding carboxylic acids is 2. The third kappa shape index (κ3) is 19.8. The number of ether oxygens (including phenoxy) is 6. The van der Waals surface area contributed by atoms with Gasteiger partial charge in [-0.25, -0.2) is 38.9 Å². The van der Waals surface area contributed by atoms with Crippen molar-refractivity contribution in [2.45, 2.75) is 156 Å². The van der Waals surface area contributed by atoms with Gasteiger partial charge in [0.25, 0.3) is 0 Å². The highest BCUT2D eigenvalue weighted by atomic mass is 127. The molecule has 11 rings (SSSR count). The van der Waals surface area contributed by atoms with Gasteiger partial charge in [0.15, 0.2) is 0 Å². The van der Waals surface area contributed by atoms with E-state index in [1.807, 2.05) is 116 Å². The Morgan fingerprint density at radius 1 is 0.550 bits per heavy atom. The first kappa shape index (κ1) is 76.8. The molecule has 0 bridgehead atoms. The average molecular weight is 1520 g/mol. The predicted molar refractivity (Wildman–Crippen MR) is 403 cm³/mol. The molecule has 0 unspecified atom stereocenters. The van der Waals surface area contributed by atoms with Gasteiger partial charge in [-0.3, -0.25) is 0 Å². The van der Waals surface area contributed by atoms with Crippen molar-refractivity contribution in [3.05, 3.63) is 113 Å². The molecule has 9 heterocycles. The summed E-state index contributed by atoms with van der Waals surface area (Å²) in [5.41, 5.74) is 5.25. The highest BCUT2D eigenvalue weighted by molar-refractivity contribution is 14.1. The Kier molecular flexibility index (Phi) is 24.5. The van der Waals surface area contributed by atoms with Crippen molar-refractivity contribution >= 4 is 96.9 Å². The summed E-state index contributed by atoms with van der Waals surface area (Å²) >= 11 is 1.84. The Balaban J connectivity index is 0.000000204. The first-order chi connectivity index (χ1) is 47.0. The van der Waals surface area contributed by atoms with E-state index in [-0.39, 0.29) is 12.2 Å². The molecule has 0 saturated carbocycles. The van der Waals surface area contributed by atoms with E-state index in [1.54, 1.807) is 28.1 Å². The summed E-state index contributed by atoms with van der Waals surface area (Å²) in [6.45, 7) is 40.4. The van der Waals surface area contributed by atoms with Gasteiger partial charge in [-0.15, -0.1) is 0 Å². The molecule has 0 aliphatic carbocycles. The van der Waals surface area contributed by atoms with Crippen molar-refractivity contribution in [2.24, 2.45) is 0 Å². The molecule has 3 aliphatic heterocycles. The number of methoxy groups -OCH3 is 2. The van der Waals surface area contributed by atoms with Crippen LogP contribution < -0.4 is 24.7 Å².